The summed E-state index contributed by atoms with van der Waals surface area (Å²) in [6.07, 6.45) is -9.57. The van der Waals surface area contributed by atoms with Crippen LogP contribution in [0.3, 0.4) is 0 Å². The molecule has 130 valence electrons. The second kappa shape index (κ2) is 6.83. The van der Waals surface area contributed by atoms with Gasteiger partial charge in [0.2, 0.25) is 0 Å². The average Bonchev–Trinajstić information content (AvgIpc) is 2.84. The highest BCUT2D eigenvalue weighted by Gasteiger charge is 2.33. The lowest BCUT2D eigenvalue weighted by Gasteiger charge is -2.15. The Labute approximate surface area is 127 Å². The fraction of sp³-hybridized carbons (Fsp3) is 0.538. The quantitative estimate of drug-likeness (QED) is 0.832. The molecule has 10 heteroatoms. The molecule has 0 aliphatic carbocycles. The van der Waals surface area contributed by atoms with Crippen molar-refractivity contribution in [2.45, 2.75) is 31.3 Å². The number of benzene rings is 1. The minimum absolute atomic E-state index is 0.289. The zero-order valence-corrected chi connectivity index (χ0v) is 11.6. The Bertz CT molecular complexity index is 502. The van der Waals surface area contributed by atoms with Gasteiger partial charge in [-0.3, -0.25) is 4.74 Å². The van der Waals surface area contributed by atoms with Crippen LogP contribution in [0.1, 0.15) is 6.42 Å². The van der Waals surface area contributed by atoms with Crippen LogP contribution in [-0.4, -0.2) is 38.0 Å². The first-order valence-electron chi connectivity index (χ1n) is 6.57. The molecule has 1 N–H and O–H groups in total. The standard InChI is InChI=1S/C13H13F6NO3/c14-12(15,16)21-7-8-5-11(6-20-8)22-9-1-3-10(4-2-9)23-13(17,18)19/h1-4,8,11,20H,5-7H2/t8-,11-/m0/s1. The van der Waals surface area contributed by atoms with E-state index in [1.165, 1.54) is 12.1 Å². The lowest BCUT2D eigenvalue weighted by molar-refractivity contribution is -0.326. The highest BCUT2D eigenvalue weighted by molar-refractivity contribution is 5.31. The van der Waals surface area contributed by atoms with Crippen molar-refractivity contribution in [1.82, 2.24) is 5.32 Å². The van der Waals surface area contributed by atoms with Crippen LogP contribution >= 0.6 is 0 Å². The molecule has 0 spiro atoms. The van der Waals surface area contributed by atoms with Gasteiger partial charge in [0.1, 0.15) is 17.6 Å². The molecule has 0 saturated carbocycles. The summed E-state index contributed by atoms with van der Waals surface area (Å²) in [4.78, 5) is 0. The summed E-state index contributed by atoms with van der Waals surface area (Å²) >= 11 is 0. The summed E-state index contributed by atoms with van der Waals surface area (Å²) in [5.41, 5.74) is 0. The third kappa shape index (κ3) is 6.53. The highest BCUT2D eigenvalue weighted by Crippen LogP contribution is 2.26. The van der Waals surface area contributed by atoms with Gasteiger partial charge in [-0.15, -0.1) is 26.3 Å². The first kappa shape index (κ1) is 17.7. The third-order valence-corrected chi connectivity index (χ3v) is 2.99. The van der Waals surface area contributed by atoms with E-state index < -0.39 is 31.5 Å². The molecule has 2 atom stereocenters. The van der Waals surface area contributed by atoms with E-state index >= 15 is 0 Å². The maximum atomic E-state index is 12.0. The Morgan fingerprint density at radius 2 is 1.57 bits per heavy atom. The third-order valence-electron chi connectivity index (χ3n) is 2.99. The van der Waals surface area contributed by atoms with Crippen LogP contribution in [0.25, 0.3) is 0 Å². The summed E-state index contributed by atoms with van der Waals surface area (Å²) in [6, 6.07) is 4.26. The summed E-state index contributed by atoms with van der Waals surface area (Å²) in [6.45, 7) is -0.214. The Kier molecular flexibility index (Phi) is 5.25. The van der Waals surface area contributed by atoms with Crippen LogP contribution in [0.4, 0.5) is 26.3 Å². The van der Waals surface area contributed by atoms with Crippen molar-refractivity contribution >= 4 is 0 Å². The topological polar surface area (TPSA) is 39.7 Å². The number of nitrogens with one attached hydrogen (secondary N) is 1. The van der Waals surface area contributed by atoms with E-state index in [1.54, 1.807) is 0 Å². The molecular formula is C13H13F6NO3. The molecule has 4 nitrogen and oxygen atoms in total. The SMILES string of the molecule is FC(F)(F)OC[C@@H]1C[C@H](Oc2ccc(OC(F)(F)F)cc2)CN1. The monoisotopic (exact) mass is 345 g/mol. The van der Waals surface area contributed by atoms with Crippen LogP contribution in [0.15, 0.2) is 24.3 Å². The van der Waals surface area contributed by atoms with Crippen LogP contribution in [-0.2, 0) is 4.74 Å². The molecule has 1 heterocycles. The molecule has 1 aliphatic heterocycles. The number of halogens is 6. The van der Waals surface area contributed by atoms with Crippen molar-refractivity contribution in [1.29, 1.82) is 0 Å². The van der Waals surface area contributed by atoms with Gasteiger partial charge in [-0.25, -0.2) is 0 Å². The van der Waals surface area contributed by atoms with E-state index in [9.17, 15) is 26.3 Å². The van der Waals surface area contributed by atoms with Gasteiger partial charge in [0.05, 0.1) is 6.61 Å². The van der Waals surface area contributed by atoms with E-state index in [-0.39, 0.29) is 12.2 Å². The zero-order chi connectivity index (χ0) is 17.1. The second-order valence-corrected chi connectivity index (χ2v) is 4.86. The Hall–Kier alpha value is -1.68. The number of alkyl halides is 6. The number of ether oxygens (including phenoxy) is 3. The van der Waals surface area contributed by atoms with Gasteiger partial charge in [0.25, 0.3) is 0 Å². The minimum Gasteiger partial charge on any atom is -0.489 e. The lowest BCUT2D eigenvalue weighted by atomic mass is 10.2. The molecule has 1 aliphatic rings. The van der Waals surface area contributed by atoms with Gasteiger partial charge < -0.3 is 14.8 Å². The van der Waals surface area contributed by atoms with Crippen molar-refractivity contribution in [3.8, 4) is 11.5 Å². The minimum atomic E-state index is -4.77. The number of rotatable bonds is 5. The van der Waals surface area contributed by atoms with Crippen LogP contribution in [0.5, 0.6) is 11.5 Å². The van der Waals surface area contributed by atoms with Crippen molar-refractivity contribution in [2.24, 2.45) is 0 Å². The summed E-state index contributed by atoms with van der Waals surface area (Å²) in [5, 5.41) is 2.82. The van der Waals surface area contributed by atoms with Crippen LogP contribution < -0.4 is 14.8 Å². The predicted octanol–water partition coefficient (Wildman–Crippen LogP) is 3.23. The van der Waals surface area contributed by atoms with E-state index in [2.05, 4.69) is 14.8 Å². The van der Waals surface area contributed by atoms with Gasteiger partial charge in [0, 0.05) is 19.0 Å². The van der Waals surface area contributed by atoms with Crippen molar-refractivity contribution in [3.63, 3.8) is 0 Å². The van der Waals surface area contributed by atoms with Gasteiger partial charge in [-0.05, 0) is 24.3 Å². The largest absolute Gasteiger partial charge is 0.573 e. The van der Waals surface area contributed by atoms with Crippen LogP contribution in [0, 0.1) is 0 Å². The van der Waals surface area contributed by atoms with Gasteiger partial charge in [-0.2, -0.15) is 0 Å². The fourth-order valence-electron chi connectivity index (χ4n) is 2.11. The average molecular weight is 345 g/mol. The number of hydrogen-bond donors (Lipinski definition) is 1. The molecule has 23 heavy (non-hydrogen) atoms. The van der Waals surface area contributed by atoms with E-state index in [0.717, 1.165) is 12.1 Å². The first-order chi connectivity index (χ1) is 10.6. The van der Waals surface area contributed by atoms with Crippen molar-refractivity contribution in [3.05, 3.63) is 24.3 Å². The first-order valence-corrected chi connectivity index (χ1v) is 6.57. The smallest absolute Gasteiger partial charge is 0.489 e. The van der Waals surface area contributed by atoms with Gasteiger partial charge in [-0.1, -0.05) is 0 Å². The van der Waals surface area contributed by atoms with Crippen molar-refractivity contribution in [2.75, 3.05) is 13.2 Å². The molecule has 1 saturated heterocycles. The normalized spacial score (nSPS) is 22.2. The lowest BCUT2D eigenvalue weighted by Crippen LogP contribution is -2.30. The fourth-order valence-corrected chi connectivity index (χ4v) is 2.11. The Morgan fingerprint density at radius 1 is 0.957 bits per heavy atom. The highest BCUT2D eigenvalue weighted by atomic mass is 19.4. The van der Waals surface area contributed by atoms with Crippen molar-refractivity contribution < 1.29 is 40.6 Å². The Morgan fingerprint density at radius 3 is 2.13 bits per heavy atom. The van der Waals surface area contributed by atoms with Gasteiger partial charge in [0.15, 0.2) is 0 Å². The summed E-state index contributed by atoms with van der Waals surface area (Å²) in [7, 11) is 0. The molecule has 1 aromatic carbocycles. The van der Waals surface area contributed by atoms with E-state index in [0.29, 0.717) is 12.3 Å². The van der Waals surface area contributed by atoms with E-state index in [1.807, 2.05) is 0 Å². The zero-order valence-electron chi connectivity index (χ0n) is 11.6. The predicted molar refractivity (Wildman–Crippen MR) is 66.0 cm³/mol. The van der Waals surface area contributed by atoms with Crippen LogP contribution in [0.2, 0.25) is 0 Å². The summed E-state index contributed by atoms with van der Waals surface area (Å²) < 4.78 is 84.8. The van der Waals surface area contributed by atoms with E-state index in [4.69, 9.17) is 4.74 Å². The summed E-state index contributed by atoms with van der Waals surface area (Å²) in [5.74, 6) is -0.0884. The molecule has 2 rings (SSSR count). The number of hydrogen-bond acceptors (Lipinski definition) is 4. The molecule has 0 radical (unpaired) electrons. The molecular weight excluding hydrogens is 332 g/mol. The Balaban J connectivity index is 1.79. The molecule has 0 amide bonds. The molecule has 0 unspecified atom stereocenters. The molecule has 0 aromatic heterocycles. The second-order valence-electron chi connectivity index (χ2n) is 4.86. The van der Waals surface area contributed by atoms with Gasteiger partial charge >= 0.3 is 12.7 Å². The molecule has 1 aromatic rings. The molecule has 1 fully saturated rings. The molecule has 0 bridgehead atoms. The maximum Gasteiger partial charge on any atom is 0.573 e. The maximum absolute atomic E-state index is 12.0.